The van der Waals surface area contributed by atoms with E-state index in [9.17, 15) is 29.1 Å². The molecule has 0 spiro atoms. The van der Waals surface area contributed by atoms with Crippen molar-refractivity contribution in [1.29, 1.82) is 0 Å². The van der Waals surface area contributed by atoms with Crippen molar-refractivity contribution in [2.24, 2.45) is 5.73 Å². The number of phenolic OH excluding ortho intramolecular Hbond substituents is 1. The summed E-state index contributed by atoms with van der Waals surface area (Å²) in [5.41, 5.74) is 5.94. The number of benzene rings is 1. The molecule has 12 nitrogen and oxygen atoms in total. The van der Waals surface area contributed by atoms with Crippen LogP contribution in [-0.4, -0.2) is 68.3 Å². The molecule has 3 unspecified atom stereocenters. The molecule has 0 heterocycles. The molecular formula is C17H21N3O9. The molecule has 0 aliphatic carbocycles. The highest BCUT2D eigenvalue weighted by molar-refractivity contribution is 5.93. The summed E-state index contributed by atoms with van der Waals surface area (Å²) in [6, 6.07) is 0.973. The monoisotopic (exact) mass is 411 g/mol. The number of carboxylic acid groups (broad SMARTS) is 3. The number of hydrogen-bond acceptors (Lipinski definition) is 7. The molecular weight excluding hydrogens is 390 g/mol. The van der Waals surface area contributed by atoms with Crippen LogP contribution in [0, 0.1) is 0 Å². The normalized spacial score (nSPS) is 13.6. The van der Waals surface area contributed by atoms with E-state index in [-0.39, 0.29) is 12.2 Å². The van der Waals surface area contributed by atoms with Crippen LogP contribution in [0.25, 0.3) is 0 Å². The third kappa shape index (κ3) is 8.26. The van der Waals surface area contributed by atoms with E-state index in [1.807, 2.05) is 5.32 Å². The third-order valence-electron chi connectivity index (χ3n) is 3.73. The minimum atomic E-state index is -1.74. The van der Waals surface area contributed by atoms with Gasteiger partial charge in [0.25, 0.3) is 0 Å². The largest absolute Gasteiger partial charge is 0.508 e. The molecule has 0 fully saturated rings. The predicted octanol–water partition coefficient (Wildman–Crippen LogP) is -1.73. The molecule has 0 saturated carbocycles. The van der Waals surface area contributed by atoms with Crippen LogP contribution >= 0.6 is 0 Å². The lowest BCUT2D eigenvalue weighted by atomic mass is 10.0. The topological polar surface area (TPSA) is 216 Å². The average Bonchev–Trinajstić information content (AvgIpc) is 2.61. The second-order valence-corrected chi connectivity index (χ2v) is 6.13. The van der Waals surface area contributed by atoms with Gasteiger partial charge < -0.3 is 36.8 Å². The van der Waals surface area contributed by atoms with Crippen LogP contribution in [0.2, 0.25) is 0 Å². The molecule has 3 atom stereocenters. The number of carbonyl (C=O) groups is 5. The van der Waals surface area contributed by atoms with Crippen LogP contribution in [0.5, 0.6) is 5.75 Å². The fourth-order valence-corrected chi connectivity index (χ4v) is 2.28. The van der Waals surface area contributed by atoms with Crippen LogP contribution in [0.15, 0.2) is 24.3 Å². The quantitative estimate of drug-likeness (QED) is 0.218. The fraction of sp³-hybridized carbons (Fsp3) is 0.353. The lowest BCUT2D eigenvalue weighted by Gasteiger charge is -2.22. The van der Waals surface area contributed by atoms with Crippen LogP contribution in [0.3, 0.4) is 0 Å². The van der Waals surface area contributed by atoms with Crippen molar-refractivity contribution >= 4 is 29.7 Å². The summed E-state index contributed by atoms with van der Waals surface area (Å²) in [5.74, 6) is -6.38. The standard InChI is InChI=1S/C17H21N3O9/c18-10(6-13(22)23)15(26)19-11(5-8-1-3-9(21)4-2-8)16(27)20-12(17(28)29)7-14(24)25/h1-4,10-12,21H,5-7,18H2,(H,19,26)(H,20,27)(H,22,23)(H,24,25)(H,28,29). The predicted molar refractivity (Wildman–Crippen MR) is 95.8 cm³/mol. The van der Waals surface area contributed by atoms with Crippen molar-refractivity contribution < 1.29 is 44.4 Å². The fourth-order valence-electron chi connectivity index (χ4n) is 2.28. The van der Waals surface area contributed by atoms with E-state index < -0.39 is 60.7 Å². The second-order valence-electron chi connectivity index (χ2n) is 6.13. The number of nitrogens with two attached hydrogens (primary N) is 1. The molecule has 29 heavy (non-hydrogen) atoms. The van der Waals surface area contributed by atoms with Gasteiger partial charge in [0.1, 0.15) is 17.8 Å². The zero-order valence-electron chi connectivity index (χ0n) is 15.1. The first kappa shape index (κ1) is 23.4. The summed E-state index contributed by atoms with van der Waals surface area (Å²) in [5, 5.41) is 40.1. The van der Waals surface area contributed by atoms with Crippen molar-refractivity contribution in [2.75, 3.05) is 0 Å². The van der Waals surface area contributed by atoms with E-state index in [0.717, 1.165) is 0 Å². The number of hydrogen-bond donors (Lipinski definition) is 7. The molecule has 0 aromatic heterocycles. The van der Waals surface area contributed by atoms with Crippen LogP contribution in [-0.2, 0) is 30.4 Å². The summed E-state index contributed by atoms with van der Waals surface area (Å²) in [6.45, 7) is 0. The van der Waals surface area contributed by atoms with E-state index in [1.54, 1.807) is 0 Å². The zero-order chi connectivity index (χ0) is 22.1. The summed E-state index contributed by atoms with van der Waals surface area (Å²) < 4.78 is 0. The Labute approximate surface area is 164 Å². The van der Waals surface area contributed by atoms with Crippen molar-refractivity contribution in [1.82, 2.24) is 10.6 Å². The molecule has 0 bridgehead atoms. The zero-order valence-corrected chi connectivity index (χ0v) is 15.1. The average molecular weight is 411 g/mol. The molecule has 0 radical (unpaired) electrons. The molecule has 8 N–H and O–H groups in total. The van der Waals surface area contributed by atoms with Gasteiger partial charge in [-0.05, 0) is 17.7 Å². The lowest BCUT2D eigenvalue weighted by Crippen LogP contribution is -2.55. The molecule has 12 heteroatoms. The number of amides is 2. The van der Waals surface area contributed by atoms with Gasteiger partial charge in [-0.3, -0.25) is 19.2 Å². The van der Waals surface area contributed by atoms with Gasteiger partial charge in [0.05, 0.1) is 18.9 Å². The number of aromatic hydroxyl groups is 1. The van der Waals surface area contributed by atoms with Gasteiger partial charge in [-0.15, -0.1) is 0 Å². The van der Waals surface area contributed by atoms with Crippen LogP contribution in [0.1, 0.15) is 18.4 Å². The smallest absolute Gasteiger partial charge is 0.326 e. The van der Waals surface area contributed by atoms with Crippen molar-refractivity contribution in [3.05, 3.63) is 29.8 Å². The minimum Gasteiger partial charge on any atom is -0.508 e. The van der Waals surface area contributed by atoms with Crippen molar-refractivity contribution in [3.8, 4) is 5.75 Å². The van der Waals surface area contributed by atoms with Gasteiger partial charge in [-0.25, -0.2) is 4.79 Å². The maximum Gasteiger partial charge on any atom is 0.326 e. The maximum atomic E-state index is 12.5. The van der Waals surface area contributed by atoms with Gasteiger partial charge in [0, 0.05) is 6.42 Å². The Balaban J connectivity index is 3.00. The third-order valence-corrected chi connectivity index (χ3v) is 3.73. The van der Waals surface area contributed by atoms with Gasteiger partial charge in [0.15, 0.2) is 0 Å². The van der Waals surface area contributed by atoms with Gasteiger partial charge >= 0.3 is 17.9 Å². The molecule has 2 amide bonds. The number of carboxylic acids is 3. The minimum absolute atomic E-state index is 0.0466. The van der Waals surface area contributed by atoms with Gasteiger partial charge in [-0.2, -0.15) is 0 Å². The molecule has 1 aromatic rings. The maximum absolute atomic E-state index is 12.5. The highest BCUT2D eigenvalue weighted by Crippen LogP contribution is 2.12. The molecule has 0 aliphatic rings. The number of nitrogens with one attached hydrogen (secondary N) is 2. The molecule has 1 aromatic carbocycles. The summed E-state index contributed by atoms with van der Waals surface area (Å²) in [6.07, 6.45) is -1.74. The van der Waals surface area contributed by atoms with Gasteiger partial charge in [-0.1, -0.05) is 12.1 Å². The highest BCUT2D eigenvalue weighted by atomic mass is 16.4. The first-order chi connectivity index (χ1) is 13.5. The molecule has 0 saturated heterocycles. The van der Waals surface area contributed by atoms with Crippen LogP contribution < -0.4 is 16.4 Å². The van der Waals surface area contributed by atoms with E-state index in [2.05, 4.69) is 5.32 Å². The molecule has 0 aliphatic heterocycles. The molecule has 1 rings (SSSR count). The molecule has 158 valence electrons. The van der Waals surface area contributed by atoms with E-state index in [0.29, 0.717) is 5.56 Å². The Bertz CT molecular complexity index is 779. The Morgan fingerprint density at radius 1 is 0.828 bits per heavy atom. The van der Waals surface area contributed by atoms with E-state index in [4.69, 9.17) is 21.1 Å². The SMILES string of the molecule is NC(CC(=O)O)C(=O)NC(Cc1ccc(O)cc1)C(=O)NC(CC(=O)O)C(=O)O. The highest BCUT2D eigenvalue weighted by Gasteiger charge is 2.29. The number of carbonyl (C=O) groups excluding carboxylic acids is 2. The Hall–Kier alpha value is -3.67. The number of rotatable bonds is 11. The summed E-state index contributed by atoms with van der Waals surface area (Å²) in [7, 11) is 0. The van der Waals surface area contributed by atoms with Gasteiger partial charge in [0.2, 0.25) is 11.8 Å². The lowest BCUT2D eigenvalue weighted by molar-refractivity contribution is -0.147. The Morgan fingerprint density at radius 2 is 1.34 bits per heavy atom. The van der Waals surface area contributed by atoms with E-state index >= 15 is 0 Å². The Morgan fingerprint density at radius 3 is 1.83 bits per heavy atom. The first-order valence-electron chi connectivity index (χ1n) is 8.30. The van der Waals surface area contributed by atoms with Crippen molar-refractivity contribution in [2.45, 2.75) is 37.4 Å². The number of phenols is 1. The van der Waals surface area contributed by atoms with E-state index in [1.165, 1.54) is 24.3 Å². The first-order valence-corrected chi connectivity index (χ1v) is 8.30. The second kappa shape index (κ2) is 10.6. The number of aliphatic carboxylic acids is 3. The summed E-state index contributed by atoms with van der Waals surface area (Å²) in [4.78, 5) is 57.2. The van der Waals surface area contributed by atoms with Crippen LogP contribution in [0.4, 0.5) is 0 Å². The van der Waals surface area contributed by atoms with Crippen molar-refractivity contribution in [3.63, 3.8) is 0 Å². The Kier molecular flexibility index (Phi) is 8.55. The summed E-state index contributed by atoms with van der Waals surface area (Å²) >= 11 is 0.